The van der Waals surface area contributed by atoms with Gasteiger partial charge in [0.25, 0.3) is 0 Å². The van der Waals surface area contributed by atoms with Crippen LogP contribution in [0.5, 0.6) is 0 Å². The summed E-state index contributed by atoms with van der Waals surface area (Å²) in [5, 5.41) is 11.3. The molecule has 3 rings (SSSR count). The first-order valence-electron chi connectivity index (χ1n) is 7.23. The molecule has 0 saturated carbocycles. The molecule has 0 atom stereocenters. The number of carbonyl (C=O) groups excluding carboxylic acids is 1. The van der Waals surface area contributed by atoms with E-state index in [0.717, 1.165) is 27.1 Å². The predicted molar refractivity (Wildman–Crippen MR) is 89.3 cm³/mol. The Balaban J connectivity index is 1.68. The Labute approximate surface area is 145 Å². The van der Waals surface area contributed by atoms with Crippen molar-refractivity contribution in [1.29, 1.82) is 0 Å². The van der Waals surface area contributed by atoms with Gasteiger partial charge < -0.3 is 9.88 Å². The number of halogens is 3. The summed E-state index contributed by atoms with van der Waals surface area (Å²) in [4.78, 5) is 12.1. The van der Waals surface area contributed by atoms with Crippen molar-refractivity contribution < 1.29 is 18.0 Å². The van der Waals surface area contributed by atoms with Crippen molar-refractivity contribution in [2.45, 2.75) is 11.3 Å². The van der Waals surface area contributed by atoms with E-state index >= 15 is 0 Å². The highest BCUT2D eigenvalue weighted by Gasteiger charge is 2.37. The summed E-state index contributed by atoms with van der Waals surface area (Å²) in [7, 11) is 1.22. The molecule has 0 aliphatic rings. The van der Waals surface area contributed by atoms with Gasteiger partial charge in [0.1, 0.15) is 0 Å². The van der Waals surface area contributed by atoms with Crippen LogP contribution in [0.15, 0.2) is 47.6 Å². The van der Waals surface area contributed by atoms with Crippen molar-refractivity contribution in [2.24, 2.45) is 7.05 Å². The lowest BCUT2D eigenvalue weighted by Crippen LogP contribution is -2.15. The molecule has 130 valence electrons. The van der Waals surface area contributed by atoms with Gasteiger partial charge in [-0.3, -0.25) is 4.79 Å². The molecule has 0 fully saturated rings. The number of amides is 1. The molecule has 1 amide bonds. The largest absolute Gasteiger partial charge is 0.451 e. The lowest BCUT2D eigenvalue weighted by atomic mass is 10.1. The summed E-state index contributed by atoms with van der Waals surface area (Å²) >= 11 is 0.894. The molecule has 1 heterocycles. The topological polar surface area (TPSA) is 59.8 Å². The van der Waals surface area contributed by atoms with E-state index in [4.69, 9.17) is 0 Å². The third-order valence-corrected chi connectivity index (χ3v) is 4.50. The maximum Gasteiger partial charge on any atom is 0.451 e. The average Bonchev–Trinajstić information content (AvgIpc) is 2.94. The summed E-state index contributed by atoms with van der Waals surface area (Å²) in [6, 6.07) is 13.1. The molecule has 0 spiro atoms. The van der Waals surface area contributed by atoms with Gasteiger partial charge in [-0.25, -0.2) is 0 Å². The van der Waals surface area contributed by atoms with Crippen molar-refractivity contribution in [3.8, 4) is 0 Å². The molecule has 0 aliphatic heterocycles. The zero-order valence-corrected chi connectivity index (χ0v) is 13.9. The van der Waals surface area contributed by atoms with Gasteiger partial charge in [-0.1, -0.05) is 48.2 Å². The Bertz CT molecular complexity index is 918. The number of aromatic nitrogens is 3. The number of alkyl halides is 3. The van der Waals surface area contributed by atoms with Crippen molar-refractivity contribution >= 4 is 34.1 Å². The molecular weight excluding hydrogens is 353 g/mol. The molecule has 0 unspecified atom stereocenters. The number of nitrogens with one attached hydrogen (secondary N) is 1. The fraction of sp³-hybridized carbons (Fsp3) is 0.188. The van der Waals surface area contributed by atoms with Gasteiger partial charge in [0.15, 0.2) is 5.16 Å². The SMILES string of the molecule is Cn1c(SCC(=O)Nc2cccc3ccccc23)nnc1C(F)(F)F. The average molecular weight is 366 g/mol. The van der Waals surface area contributed by atoms with E-state index in [1.165, 1.54) is 7.05 Å². The zero-order chi connectivity index (χ0) is 18.0. The van der Waals surface area contributed by atoms with Gasteiger partial charge in [0.2, 0.25) is 11.7 Å². The van der Waals surface area contributed by atoms with E-state index in [1.807, 2.05) is 36.4 Å². The Morgan fingerprint density at radius 1 is 1.16 bits per heavy atom. The number of thioether (sulfide) groups is 1. The summed E-state index contributed by atoms with van der Waals surface area (Å²) < 4.78 is 38.9. The zero-order valence-electron chi connectivity index (χ0n) is 13.0. The third kappa shape index (κ3) is 3.76. The van der Waals surface area contributed by atoms with E-state index in [-0.39, 0.29) is 16.8 Å². The highest BCUT2D eigenvalue weighted by atomic mass is 32.2. The Morgan fingerprint density at radius 2 is 1.88 bits per heavy atom. The number of fused-ring (bicyclic) bond motifs is 1. The third-order valence-electron chi connectivity index (χ3n) is 3.48. The summed E-state index contributed by atoms with van der Waals surface area (Å²) in [6.07, 6.45) is -4.58. The number of carbonyl (C=O) groups is 1. The molecule has 2 aromatic carbocycles. The summed E-state index contributed by atoms with van der Waals surface area (Å²) in [5.41, 5.74) is 0.651. The molecule has 0 bridgehead atoms. The minimum Gasteiger partial charge on any atom is -0.325 e. The van der Waals surface area contributed by atoms with Crippen LogP contribution in [0.25, 0.3) is 10.8 Å². The molecule has 3 aromatic rings. The first-order valence-corrected chi connectivity index (χ1v) is 8.22. The van der Waals surface area contributed by atoms with Crippen molar-refractivity contribution in [3.05, 3.63) is 48.3 Å². The van der Waals surface area contributed by atoms with Crippen molar-refractivity contribution in [3.63, 3.8) is 0 Å². The maximum absolute atomic E-state index is 12.7. The second-order valence-corrected chi connectivity index (χ2v) is 6.17. The number of benzene rings is 2. The molecule has 5 nitrogen and oxygen atoms in total. The normalized spacial score (nSPS) is 11.7. The number of hydrogen-bond donors (Lipinski definition) is 1. The lowest BCUT2D eigenvalue weighted by molar-refractivity contribution is -0.147. The van der Waals surface area contributed by atoms with Crippen LogP contribution in [-0.2, 0) is 18.0 Å². The first kappa shape index (κ1) is 17.3. The maximum atomic E-state index is 12.7. The van der Waals surface area contributed by atoms with Crippen LogP contribution in [0, 0.1) is 0 Å². The minimum absolute atomic E-state index is 0.0281. The second kappa shape index (κ2) is 6.75. The van der Waals surface area contributed by atoms with Gasteiger partial charge in [0, 0.05) is 18.1 Å². The number of rotatable bonds is 4. The number of nitrogens with zero attached hydrogens (tertiary/aromatic N) is 3. The molecule has 1 aromatic heterocycles. The predicted octanol–water partition coefficient (Wildman–Crippen LogP) is 3.72. The highest BCUT2D eigenvalue weighted by Crippen LogP contribution is 2.29. The molecule has 0 radical (unpaired) electrons. The molecule has 25 heavy (non-hydrogen) atoms. The van der Waals surface area contributed by atoms with Crippen LogP contribution >= 0.6 is 11.8 Å². The van der Waals surface area contributed by atoms with Gasteiger partial charge in [-0.2, -0.15) is 13.2 Å². The second-order valence-electron chi connectivity index (χ2n) is 5.23. The van der Waals surface area contributed by atoms with Crippen LogP contribution < -0.4 is 5.32 Å². The monoisotopic (exact) mass is 366 g/mol. The summed E-state index contributed by atoms with van der Waals surface area (Å²) in [5.74, 6) is -1.50. The van der Waals surface area contributed by atoms with Gasteiger partial charge in [0.05, 0.1) is 5.75 Å². The highest BCUT2D eigenvalue weighted by molar-refractivity contribution is 7.99. The minimum atomic E-state index is -4.58. The lowest BCUT2D eigenvalue weighted by Gasteiger charge is -2.09. The number of anilines is 1. The van der Waals surface area contributed by atoms with Gasteiger partial charge >= 0.3 is 6.18 Å². The first-order chi connectivity index (χ1) is 11.9. The van der Waals surface area contributed by atoms with Gasteiger partial charge in [-0.05, 0) is 11.5 Å². The smallest absolute Gasteiger partial charge is 0.325 e. The fourth-order valence-corrected chi connectivity index (χ4v) is 3.05. The van der Waals surface area contributed by atoms with E-state index in [0.29, 0.717) is 5.69 Å². The van der Waals surface area contributed by atoms with E-state index in [1.54, 1.807) is 6.07 Å². The molecule has 9 heteroatoms. The standard InChI is InChI=1S/C16H13F3N4OS/c1-23-14(16(17,18)19)21-22-15(23)25-9-13(24)20-12-8-4-6-10-5-2-3-7-11(10)12/h2-8H,9H2,1H3,(H,20,24). The molecular formula is C16H13F3N4OS. The van der Waals surface area contributed by atoms with Crippen molar-refractivity contribution in [2.75, 3.05) is 11.1 Å². The Kier molecular flexibility index (Phi) is 4.67. The quantitative estimate of drug-likeness (QED) is 0.715. The van der Waals surface area contributed by atoms with Crippen LogP contribution in [0.4, 0.5) is 18.9 Å². The number of hydrogen-bond acceptors (Lipinski definition) is 4. The van der Waals surface area contributed by atoms with E-state index in [2.05, 4.69) is 15.5 Å². The van der Waals surface area contributed by atoms with Gasteiger partial charge in [-0.15, -0.1) is 10.2 Å². The van der Waals surface area contributed by atoms with Crippen LogP contribution in [-0.4, -0.2) is 26.4 Å². The van der Waals surface area contributed by atoms with Crippen LogP contribution in [0.1, 0.15) is 5.82 Å². The molecule has 1 N–H and O–H groups in total. The van der Waals surface area contributed by atoms with Crippen LogP contribution in [0.3, 0.4) is 0 Å². The fourth-order valence-electron chi connectivity index (χ4n) is 2.34. The molecule has 0 saturated heterocycles. The molecule has 0 aliphatic carbocycles. The van der Waals surface area contributed by atoms with E-state index in [9.17, 15) is 18.0 Å². The Morgan fingerprint density at radius 3 is 2.60 bits per heavy atom. The summed E-state index contributed by atoms with van der Waals surface area (Å²) in [6.45, 7) is 0. The van der Waals surface area contributed by atoms with Crippen molar-refractivity contribution in [1.82, 2.24) is 14.8 Å². The van der Waals surface area contributed by atoms with E-state index < -0.39 is 12.0 Å². The van der Waals surface area contributed by atoms with Crippen LogP contribution in [0.2, 0.25) is 0 Å². The Hall–Kier alpha value is -2.55.